The molecule has 2 aromatic rings. The number of ether oxygens (including phenoxy) is 1. The lowest BCUT2D eigenvalue weighted by Crippen LogP contribution is -2.39. The standard InChI is InChI=1S/C16H20N2O/c1-19-11-3-5-15-12(8-11)13-7-10-6-9(16(13)18-15)2-4-14(10)17/h3,5,8-10,14,18H,2,4,6-7,17H2,1H3. The summed E-state index contributed by atoms with van der Waals surface area (Å²) in [6.07, 6.45) is 4.79. The molecule has 0 aliphatic heterocycles. The number of aromatic nitrogens is 1. The van der Waals surface area contributed by atoms with E-state index in [1.807, 2.05) is 6.07 Å². The van der Waals surface area contributed by atoms with Crippen molar-refractivity contribution in [1.29, 1.82) is 0 Å². The number of rotatable bonds is 1. The van der Waals surface area contributed by atoms with E-state index in [2.05, 4.69) is 17.1 Å². The smallest absolute Gasteiger partial charge is 0.119 e. The van der Waals surface area contributed by atoms with E-state index in [-0.39, 0.29) is 0 Å². The maximum Gasteiger partial charge on any atom is 0.119 e. The van der Waals surface area contributed by atoms with Crippen molar-refractivity contribution in [1.82, 2.24) is 4.98 Å². The third kappa shape index (κ3) is 1.61. The highest BCUT2D eigenvalue weighted by Gasteiger charge is 2.36. The van der Waals surface area contributed by atoms with Crippen LogP contribution in [0, 0.1) is 5.92 Å². The Morgan fingerprint density at radius 1 is 1.32 bits per heavy atom. The van der Waals surface area contributed by atoms with E-state index < -0.39 is 0 Å². The van der Waals surface area contributed by atoms with Crippen LogP contribution in [0.3, 0.4) is 0 Å². The van der Waals surface area contributed by atoms with Gasteiger partial charge in [0.2, 0.25) is 0 Å². The van der Waals surface area contributed by atoms with E-state index >= 15 is 0 Å². The Balaban J connectivity index is 1.89. The fourth-order valence-corrected chi connectivity index (χ4v) is 3.99. The van der Waals surface area contributed by atoms with Crippen LogP contribution in [-0.2, 0) is 6.42 Å². The Hall–Kier alpha value is -1.48. The van der Waals surface area contributed by atoms with E-state index in [4.69, 9.17) is 10.5 Å². The molecule has 3 heteroatoms. The number of aromatic amines is 1. The van der Waals surface area contributed by atoms with Crippen molar-refractivity contribution in [2.24, 2.45) is 11.7 Å². The molecular formula is C16H20N2O. The summed E-state index contributed by atoms with van der Waals surface area (Å²) < 4.78 is 5.36. The molecule has 1 aromatic heterocycles. The molecule has 2 bridgehead atoms. The number of nitrogens with two attached hydrogens (primary N) is 1. The van der Waals surface area contributed by atoms with Crippen molar-refractivity contribution in [2.75, 3.05) is 7.11 Å². The van der Waals surface area contributed by atoms with Crippen LogP contribution in [-0.4, -0.2) is 18.1 Å². The number of fused-ring (bicyclic) bond motifs is 6. The van der Waals surface area contributed by atoms with Gasteiger partial charge in [0.25, 0.3) is 0 Å². The highest BCUT2D eigenvalue weighted by Crippen LogP contribution is 2.45. The summed E-state index contributed by atoms with van der Waals surface area (Å²) in [5.41, 5.74) is 10.5. The predicted molar refractivity (Wildman–Crippen MR) is 76.6 cm³/mol. The van der Waals surface area contributed by atoms with Gasteiger partial charge in [-0.05, 0) is 61.3 Å². The summed E-state index contributed by atoms with van der Waals surface area (Å²) in [5.74, 6) is 2.29. The van der Waals surface area contributed by atoms with Gasteiger partial charge in [0.15, 0.2) is 0 Å². The number of methoxy groups -OCH3 is 1. The first-order chi connectivity index (χ1) is 9.26. The molecule has 1 aromatic carbocycles. The van der Waals surface area contributed by atoms with Crippen LogP contribution in [0.15, 0.2) is 18.2 Å². The molecule has 3 atom stereocenters. The zero-order valence-corrected chi connectivity index (χ0v) is 11.3. The minimum Gasteiger partial charge on any atom is -0.497 e. The van der Waals surface area contributed by atoms with Gasteiger partial charge in [-0.1, -0.05) is 0 Å². The van der Waals surface area contributed by atoms with E-state index in [1.165, 1.54) is 41.4 Å². The fourth-order valence-electron chi connectivity index (χ4n) is 3.99. The first kappa shape index (κ1) is 11.4. The van der Waals surface area contributed by atoms with Crippen molar-refractivity contribution in [3.05, 3.63) is 29.5 Å². The van der Waals surface area contributed by atoms with E-state index in [0.717, 1.165) is 12.2 Å². The monoisotopic (exact) mass is 256 g/mol. The maximum atomic E-state index is 6.28. The zero-order chi connectivity index (χ0) is 13.0. The summed E-state index contributed by atoms with van der Waals surface area (Å²) in [6.45, 7) is 0. The molecule has 2 aliphatic carbocycles. The number of hydrogen-bond donors (Lipinski definition) is 2. The number of benzene rings is 1. The Morgan fingerprint density at radius 2 is 2.21 bits per heavy atom. The van der Waals surface area contributed by atoms with Gasteiger partial charge in [-0.15, -0.1) is 0 Å². The Morgan fingerprint density at radius 3 is 3.05 bits per heavy atom. The third-order valence-electron chi connectivity index (χ3n) is 5.06. The van der Waals surface area contributed by atoms with Crippen LogP contribution in [0.25, 0.3) is 10.9 Å². The molecular weight excluding hydrogens is 236 g/mol. The molecule has 1 saturated carbocycles. The molecule has 1 heterocycles. The highest BCUT2D eigenvalue weighted by molar-refractivity contribution is 5.86. The number of H-pyrrole nitrogens is 1. The summed E-state index contributed by atoms with van der Waals surface area (Å²) in [7, 11) is 1.73. The lowest BCUT2D eigenvalue weighted by molar-refractivity contribution is 0.257. The average molecular weight is 256 g/mol. The molecule has 4 rings (SSSR count). The maximum absolute atomic E-state index is 6.28. The first-order valence-electron chi connectivity index (χ1n) is 7.20. The van der Waals surface area contributed by atoms with E-state index in [9.17, 15) is 0 Å². The summed E-state index contributed by atoms with van der Waals surface area (Å²) in [6, 6.07) is 6.72. The first-order valence-corrected chi connectivity index (χ1v) is 7.20. The van der Waals surface area contributed by atoms with Crippen molar-refractivity contribution in [2.45, 2.75) is 37.6 Å². The minimum atomic E-state index is 0.389. The second-order valence-electron chi connectivity index (χ2n) is 6.07. The van der Waals surface area contributed by atoms with Crippen LogP contribution in [0.5, 0.6) is 5.75 Å². The van der Waals surface area contributed by atoms with Gasteiger partial charge in [-0.25, -0.2) is 0 Å². The Kier molecular flexibility index (Phi) is 2.39. The van der Waals surface area contributed by atoms with E-state index in [1.54, 1.807) is 7.11 Å². The van der Waals surface area contributed by atoms with Crippen LogP contribution < -0.4 is 10.5 Å². The Bertz CT molecular complexity index is 631. The predicted octanol–water partition coefficient (Wildman–Crippen LogP) is 2.94. The molecule has 19 heavy (non-hydrogen) atoms. The number of nitrogens with one attached hydrogen (secondary N) is 1. The molecule has 0 radical (unpaired) electrons. The van der Waals surface area contributed by atoms with Gasteiger partial charge in [0, 0.05) is 22.6 Å². The van der Waals surface area contributed by atoms with Crippen LogP contribution in [0.2, 0.25) is 0 Å². The normalized spacial score (nSPS) is 29.3. The average Bonchev–Trinajstić information content (AvgIpc) is 2.81. The largest absolute Gasteiger partial charge is 0.497 e. The second-order valence-corrected chi connectivity index (χ2v) is 6.07. The van der Waals surface area contributed by atoms with Gasteiger partial charge in [0.1, 0.15) is 5.75 Å². The van der Waals surface area contributed by atoms with E-state index in [0.29, 0.717) is 17.9 Å². The molecule has 0 spiro atoms. The van der Waals surface area contributed by atoms with Gasteiger partial charge >= 0.3 is 0 Å². The van der Waals surface area contributed by atoms with Gasteiger partial charge in [-0.2, -0.15) is 0 Å². The van der Waals surface area contributed by atoms with Crippen molar-refractivity contribution < 1.29 is 4.74 Å². The summed E-state index contributed by atoms with van der Waals surface area (Å²) >= 11 is 0. The topological polar surface area (TPSA) is 51.0 Å². The van der Waals surface area contributed by atoms with Crippen LogP contribution in [0.4, 0.5) is 0 Å². The highest BCUT2D eigenvalue weighted by atomic mass is 16.5. The zero-order valence-electron chi connectivity index (χ0n) is 11.3. The molecule has 3 unspecified atom stereocenters. The summed E-state index contributed by atoms with van der Waals surface area (Å²) in [4.78, 5) is 3.64. The fraction of sp³-hybridized carbons (Fsp3) is 0.500. The lowest BCUT2D eigenvalue weighted by atomic mass is 9.69. The second kappa shape index (κ2) is 4.01. The quantitative estimate of drug-likeness (QED) is 0.824. The molecule has 2 aliphatic rings. The van der Waals surface area contributed by atoms with Crippen molar-refractivity contribution in [3.8, 4) is 5.75 Å². The summed E-state index contributed by atoms with van der Waals surface area (Å²) in [5, 5.41) is 1.33. The van der Waals surface area contributed by atoms with Gasteiger partial charge in [-0.3, -0.25) is 0 Å². The van der Waals surface area contributed by atoms with Crippen LogP contribution >= 0.6 is 0 Å². The third-order valence-corrected chi connectivity index (χ3v) is 5.06. The number of hydrogen-bond acceptors (Lipinski definition) is 2. The molecule has 100 valence electrons. The van der Waals surface area contributed by atoms with Crippen LogP contribution in [0.1, 0.15) is 36.4 Å². The van der Waals surface area contributed by atoms with Gasteiger partial charge < -0.3 is 15.5 Å². The molecule has 1 fully saturated rings. The Labute approximate surface area is 113 Å². The molecule has 0 saturated heterocycles. The lowest BCUT2D eigenvalue weighted by Gasteiger charge is -2.38. The van der Waals surface area contributed by atoms with Crippen molar-refractivity contribution >= 4 is 10.9 Å². The molecule has 3 N–H and O–H groups in total. The molecule has 0 amide bonds. The molecule has 3 nitrogen and oxygen atoms in total. The minimum absolute atomic E-state index is 0.389. The SMILES string of the molecule is COc1ccc2[nH]c3c(c2c1)CC1CC3CCC1N. The van der Waals surface area contributed by atoms with Crippen molar-refractivity contribution in [3.63, 3.8) is 0 Å². The van der Waals surface area contributed by atoms with Gasteiger partial charge in [0.05, 0.1) is 7.11 Å².